The van der Waals surface area contributed by atoms with Crippen LogP contribution in [0.5, 0.6) is 5.75 Å². The molecule has 1 N–H and O–H groups in total. The molecule has 2 rings (SSSR count). The summed E-state index contributed by atoms with van der Waals surface area (Å²) < 4.78 is 6.77. The van der Waals surface area contributed by atoms with E-state index in [0.717, 1.165) is 17.9 Å². The van der Waals surface area contributed by atoms with Crippen molar-refractivity contribution in [3.05, 3.63) is 58.8 Å². The number of nitrogens with zero attached hydrogens (tertiary/aromatic N) is 2. The van der Waals surface area contributed by atoms with E-state index in [1.165, 1.54) is 6.20 Å². The summed E-state index contributed by atoms with van der Waals surface area (Å²) in [6.07, 6.45) is 3.26. The molecule has 0 fully saturated rings. The average Bonchev–Trinajstić information content (AvgIpc) is 2.49. The molecule has 2 aromatic rings. The van der Waals surface area contributed by atoms with Gasteiger partial charge in [0.05, 0.1) is 13.2 Å². The van der Waals surface area contributed by atoms with E-state index in [9.17, 15) is 4.79 Å². The fourth-order valence-corrected chi connectivity index (χ4v) is 2.09. The Bertz CT molecular complexity index is 593. The van der Waals surface area contributed by atoms with E-state index in [4.69, 9.17) is 4.74 Å². The van der Waals surface area contributed by atoms with E-state index in [1.54, 1.807) is 23.9 Å². The molecule has 1 heterocycles. The van der Waals surface area contributed by atoms with Crippen molar-refractivity contribution in [3.8, 4) is 5.75 Å². The lowest BCUT2D eigenvalue weighted by atomic mass is 10.1. The third kappa shape index (κ3) is 3.45. The molecule has 0 aliphatic rings. The lowest BCUT2D eigenvalue weighted by molar-refractivity contribution is 0.413. The van der Waals surface area contributed by atoms with Crippen LogP contribution in [0.2, 0.25) is 0 Å². The van der Waals surface area contributed by atoms with Crippen molar-refractivity contribution in [2.45, 2.75) is 19.5 Å². The maximum absolute atomic E-state index is 11.7. The molecule has 5 heteroatoms. The van der Waals surface area contributed by atoms with Crippen LogP contribution in [0.25, 0.3) is 0 Å². The molecule has 1 aromatic carbocycles. The van der Waals surface area contributed by atoms with Crippen LogP contribution in [0.3, 0.4) is 0 Å². The lowest BCUT2D eigenvalue weighted by Gasteiger charge is -2.19. The van der Waals surface area contributed by atoms with Gasteiger partial charge in [-0.1, -0.05) is 19.1 Å². The highest BCUT2D eigenvalue weighted by Gasteiger charge is 2.12. The largest absolute Gasteiger partial charge is 0.497 e. The zero-order valence-corrected chi connectivity index (χ0v) is 11.7. The van der Waals surface area contributed by atoms with Gasteiger partial charge in [0.15, 0.2) is 0 Å². The number of ether oxygens (including phenoxy) is 1. The molecule has 1 unspecified atom stereocenters. The van der Waals surface area contributed by atoms with Crippen molar-refractivity contribution < 1.29 is 4.74 Å². The van der Waals surface area contributed by atoms with Gasteiger partial charge in [0.2, 0.25) is 0 Å². The summed E-state index contributed by atoms with van der Waals surface area (Å²) in [5, 5.41) is 3.38. The summed E-state index contributed by atoms with van der Waals surface area (Å²) >= 11 is 0. The minimum Gasteiger partial charge on any atom is -0.497 e. The molecule has 0 radical (unpaired) electrons. The topological polar surface area (TPSA) is 56.2 Å². The predicted molar refractivity (Wildman–Crippen MR) is 77.9 cm³/mol. The molecule has 20 heavy (non-hydrogen) atoms. The highest BCUT2D eigenvalue weighted by molar-refractivity contribution is 5.29. The summed E-state index contributed by atoms with van der Waals surface area (Å²) in [6.45, 7) is 3.42. The van der Waals surface area contributed by atoms with Crippen LogP contribution >= 0.6 is 0 Å². The Labute approximate surface area is 118 Å². The highest BCUT2D eigenvalue weighted by Crippen LogP contribution is 2.18. The van der Waals surface area contributed by atoms with Crippen LogP contribution in [0.1, 0.15) is 18.5 Å². The lowest BCUT2D eigenvalue weighted by Crippen LogP contribution is -2.31. The molecule has 1 aromatic heterocycles. The summed E-state index contributed by atoms with van der Waals surface area (Å²) in [6, 6.07) is 9.68. The van der Waals surface area contributed by atoms with E-state index >= 15 is 0 Å². The smallest absolute Gasteiger partial charge is 0.347 e. The van der Waals surface area contributed by atoms with Crippen molar-refractivity contribution in [1.82, 2.24) is 14.9 Å². The van der Waals surface area contributed by atoms with E-state index in [2.05, 4.69) is 10.3 Å². The molecular formula is C15H19N3O2. The first-order valence-electron chi connectivity index (χ1n) is 6.63. The van der Waals surface area contributed by atoms with Gasteiger partial charge in [0.25, 0.3) is 0 Å². The molecule has 0 bridgehead atoms. The first kappa shape index (κ1) is 14.3. The predicted octanol–water partition coefficient (Wildman–Crippen LogP) is 1.60. The van der Waals surface area contributed by atoms with E-state index in [0.29, 0.717) is 6.54 Å². The van der Waals surface area contributed by atoms with Gasteiger partial charge in [-0.15, -0.1) is 0 Å². The fraction of sp³-hybridized carbons (Fsp3) is 0.333. The molecule has 0 saturated carbocycles. The average molecular weight is 273 g/mol. The van der Waals surface area contributed by atoms with Crippen LogP contribution in [-0.4, -0.2) is 23.2 Å². The van der Waals surface area contributed by atoms with E-state index in [-0.39, 0.29) is 11.7 Å². The number of likely N-dealkylation sites (N-methyl/N-ethyl adjacent to an activating group) is 1. The first-order valence-corrected chi connectivity index (χ1v) is 6.63. The van der Waals surface area contributed by atoms with Gasteiger partial charge in [-0.2, -0.15) is 0 Å². The number of methoxy groups -OCH3 is 1. The zero-order valence-electron chi connectivity index (χ0n) is 11.7. The summed E-state index contributed by atoms with van der Waals surface area (Å²) in [5.41, 5.74) is 0.882. The summed E-state index contributed by atoms with van der Waals surface area (Å²) in [5.74, 6) is 0.822. The van der Waals surface area contributed by atoms with Crippen molar-refractivity contribution >= 4 is 0 Å². The second-order valence-corrected chi connectivity index (χ2v) is 4.44. The number of benzene rings is 1. The number of nitrogens with one attached hydrogen (secondary N) is 1. The Balaban J connectivity index is 2.22. The van der Waals surface area contributed by atoms with Crippen molar-refractivity contribution in [3.63, 3.8) is 0 Å². The first-order chi connectivity index (χ1) is 9.74. The van der Waals surface area contributed by atoms with Gasteiger partial charge in [0.1, 0.15) is 5.75 Å². The van der Waals surface area contributed by atoms with E-state index < -0.39 is 0 Å². The molecule has 1 atom stereocenters. The van der Waals surface area contributed by atoms with Crippen LogP contribution in [0.4, 0.5) is 0 Å². The molecule has 106 valence electrons. The molecule has 0 saturated heterocycles. The van der Waals surface area contributed by atoms with E-state index in [1.807, 2.05) is 31.2 Å². The Hall–Kier alpha value is -2.14. The number of aromatic nitrogens is 2. The van der Waals surface area contributed by atoms with Crippen LogP contribution in [0.15, 0.2) is 47.5 Å². The number of hydrogen-bond donors (Lipinski definition) is 1. The van der Waals surface area contributed by atoms with Gasteiger partial charge in [0, 0.05) is 18.9 Å². The van der Waals surface area contributed by atoms with Crippen molar-refractivity contribution in [2.75, 3.05) is 13.7 Å². The minimum absolute atomic E-state index is 0.0628. The standard InChI is InChI=1S/C15H19N3O2/c1-3-16-14(11-18-10-4-9-17-15(18)19)12-5-7-13(20-2)8-6-12/h4-10,14,16H,3,11H2,1-2H3. The third-order valence-electron chi connectivity index (χ3n) is 3.13. The SMILES string of the molecule is CCNC(Cn1cccnc1=O)c1ccc(OC)cc1. The highest BCUT2D eigenvalue weighted by atomic mass is 16.5. The monoisotopic (exact) mass is 273 g/mol. The minimum atomic E-state index is -0.232. The molecule has 0 aliphatic heterocycles. The van der Waals surface area contributed by atoms with Crippen LogP contribution in [0, 0.1) is 0 Å². The van der Waals surface area contributed by atoms with Crippen molar-refractivity contribution in [2.24, 2.45) is 0 Å². The Kier molecular flexibility index (Phi) is 4.90. The van der Waals surface area contributed by atoms with Gasteiger partial charge in [-0.05, 0) is 30.3 Å². The molecule has 0 amide bonds. The Morgan fingerprint density at radius 2 is 2.10 bits per heavy atom. The molecule has 0 aliphatic carbocycles. The van der Waals surface area contributed by atoms with Gasteiger partial charge >= 0.3 is 5.69 Å². The third-order valence-corrected chi connectivity index (χ3v) is 3.13. The van der Waals surface area contributed by atoms with Gasteiger partial charge in [-0.25, -0.2) is 9.78 Å². The molecular weight excluding hydrogens is 254 g/mol. The second kappa shape index (κ2) is 6.86. The molecule has 0 spiro atoms. The van der Waals surface area contributed by atoms with Crippen LogP contribution in [-0.2, 0) is 6.54 Å². The maximum atomic E-state index is 11.7. The van der Waals surface area contributed by atoms with Crippen LogP contribution < -0.4 is 15.7 Å². The summed E-state index contributed by atoms with van der Waals surface area (Å²) in [7, 11) is 1.64. The maximum Gasteiger partial charge on any atom is 0.347 e. The quantitative estimate of drug-likeness (QED) is 0.868. The normalized spacial score (nSPS) is 12.1. The summed E-state index contributed by atoms with van der Waals surface area (Å²) in [4.78, 5) is 15.5. The zero-order chi connectivity index (χ0) is 14.4. The Morgan fingerprint density at radius 1 is 1.35 bits per heavy atom. The number of hydrogen-bond acceptors (Lipinski definition) is 4. The Morgan fingerprint density at radius 3 is 2.70 bits per heavy atom. The van der Waals surface area contributed by atoms with Gasteiger partial charge in [-0.3, -0.25) is 4.57 Å². The number of rotatable bonds is 6. The second-order valence-electron chi connectivity index (χ2n) is 4.44. The van der Waals surface area contributed by atoms with Gasteiger partial charge < -0.3 is 10.1 Å². The molecule has 5 nitrogen and oxygen atoms in total. The fourth-order valence-electron chi connectivity index (χ4n) is 2.09. The van der Waals surface area contributed by atoms with Crippen molar-refractivity contribution in [1.29, 1.82) is 0 Å².